The summed E-state index contributed by atoms with van der Waals surface area (Å²) in [5.74, 6) is 0.511. The summed E-state index contributed by atoms with van der Waals surface area (Å²) in [6.07, 6.45) is 3.74. The van der Waals surface area contributed by atoms with Gasteiger partial charge in [-0.05, 0) is 64.0 Å². The zero-order valence-electron chi connectivity index (χ0n) is 19.3. The number of fused-ring (bicyclic) bond motifs is 1. The predicted octanol–water partition coefficient (Wildman–Crippen LogP) is 2.51. The highest BCUT2D eigenvalue weighted by atomic mass is 16.7. The number of Topliss-reactive ketones (excluding diaryl/α,β-unsaturated/α-hetero) is 1. The average Bonchev–Trinajstić information content (AvgIpc) is 3.33. The van der Waals surface area contributed by atoms with Crippen LogP contribution in [0, 0.1) is 0 Å². The van der Waals surface area contributed by atoms with Crippen LogP contribution >= 0.6 is 0 Å². The second-order valence-corrected chi connectivity index (χ2v) is 9.57. The summed E-state index contributed by atoms with van der Waals surface area (Å²) in [6.45, 7) is 6.73. The first-order valence-corrected chi connectivity index (χ1v) is 11.5. The standard InChI is InChI=1S/C25H29N5O3/c1-25(2)22(31)21(28-33-25)16-6-8-17(9-7-16)24(32)30(19-5-4-11-26-13-19)23-20-15-29(3)14-18(20)10-12-27-23/h6-10,12,19,26H,4-5,11,13-15H2,1-3H3/t19-/m1/s1. The van der Waals surface area contributed by atoms with E-state index in [9.17, 15) is 9.59 Å². The van der Waals surface area contributed by atoms with Crippen molar-refractivity contribution in [3.8, 4) is 0 Å². The van der Waals surface area contributed by atoms with Crippen molar-refractivity contribution in [3.05, 3.63) is 58.8 Å². The normalized spacial score (nSPS) is 22.0. The van der Waals surface area contributed by atoms with Crippen molar-refractivity contribution in [2.45, 2.75) is 51.4 Å². The molecule has 0 unspecified atom stereocenters. The lowest BCUT2D eigenvalue weighted by Gasteiger charge is -2.35. The molecule has 4 heterocycles. The van der Waals surface area contributed by atoms with Gasteiger partial charge in [-0.3, -0.25) is 19.4 Å². The van der Waals surface area contributed by atoms with E-state index >= 15 is 0 Å². The highest BCUT2D eigenvalue weighted by Gasteiger charge is 2.40. The number of aromatic nitrogens is 1. The number of rotatable bonds is 4. The molecule has 8 heteroatoms. The smallest absolute Gasteiger partial charge is 0.259 e. The molecule has 172 valence electrons. The van der Waals surface area contributed by atoms with Crippen LogP contribution in [0.25, 0.3) is 0 Å². The first kappa shape index (κ1) is 21.7. The molecule has 1 amide bonds. The van der Waals surface area contributed by atoms with Gasteiger partial charge in [-0.2, -0.15) is 0 Å². The monoisotopic (exact) mass is 447 g/mol. The lowest BCUT2D eigenvalue weighted by molar-refractivity contribution is -0.128. The molecule has 5 rings (SSSR count). The van der Waals surface area contributed by atoms with E-state index in [-0.39, 0.29) is 23.4 Å². The molecule has 3 aliphatic heterocycles. The second kappa shape index (κ2) is 8.35. The molecule has 1 saturated heterocycles. The number of ketones is 1. The molecule has 0 radical (unpaired) electrons. The Morgan fingerprint density at radius 3 is 2.67 bits per heavy atom. The van der Waals surface area contributed by atoms with Gasteiger partial charge in [0.25, 0.3) is 5.91 Å². The van der Waals surface area contributed by atoms with Crippen LogP contribution in [0.2, 0.25) is 0 Å². The lowest BCUT2D eigenvalue weighted by Crippen LogP contribution is -2.49. The number of carbonyl (C=O) groups excluding carboxylic acids is 2. The summed E-state index contributed by atoms with van der Waals surface area (Å²) in [4.78, 5) is 40.4. The van der Waals surface area contributed by atoms with Gasteiger partial charge < -0.3 is 10.2 Å². The maximum absolute atomic E-state index is 13.8. The largest absolute Gasteiger partial charge is 0.381 e. The first-order valence-electron chi connectivity index (χ1n) is 11.5. The molecule has 0 spiro atoms. The fourth-order valence-electron chi connectivity index (χ4n) is 4.77. The lowest BCUT2D eigenvalue weighted by atomic mass is 9.95. The van der Waals surface area contributed by atoms with Gasteiger partial charge in [0.1, 0.15) is 5.82 Å². The van der Waals surface area contributed by atoms with Crippen LogP contribution in [0.4, 0.5) is 5.82 Å². The molecule has 1 aromatic heterocycles. The Morgan fingerprint density at radius 2 is 2.00 bits per heavy atom. The number of nitrogens with zero attached hydrogens (tertiary/aromatic N) is 4. The number of pyridine rings is 1. The third-order valence-corrected chi connectivity index (χ3v) is 6.61. The number of oxime groups is 1. The average molecular weight is 448 g/mol. The van der Waals surface area contributed by atoms with E-state index in [1.807, 2.05) is 11.0 Å². The van der Waals surface area contributed by atoms with Gasteiger partial charge in [0.05, 0.1) is 6.04 Å². The quantitative estimate of drug-likeness (QED) is 0.775. The molecule has 2 aromatic rings. The fraction of sp³-hybridized carbons (Fsp3) is 0.440. The first-order chi connectivity index (χ1) is 15.8. The summed E-state index contributed by atoms with van der Waals surface area (Å²) < 4.78 is 0. The SMILES string of the molecule is CN1Cc2ccnc(N(C(=O)c3ccc(C4=NOC(C)(C)C4=O)cc3)[C@@H]3CCCNC3)c2C1. The van der Waals surface area contributed by atoms with E-state index in [1.54, 1.807) is 44.3 Å². The Labute approximate surface area is 193 Å². The van der Waals surface area contributed by atoms with Gasteiger partial charge in [-0.15, -0.1) is 0 Å². The maximum Gasteiger partial charge on any atom is 0.259 e. The molecule has 1 fully saturated rings. The van der Waals surface area contributed by atoms with Crippen LogP contribution in [0.1, 0.15) is 53.7 Å². The van der Waals surface area contributed by atoms with Crippen LogP contribution in [0.5, 0.6) is 0 Å². The van der Waals surface area contributed by atoms with E-state index in [4.69, 9.17) is 4.84 Å². The van der Waals surface area contributed by atoms with Crippen LogP contribution in [0.15, 0.2) is 41.7 Å². The number of anilines is 1. The summed E-state index contributed by atoms with van der Waals surface area (Å²) in [6, 6.07) is 9.13. The predicted molar refractivity (Wildman–Crippen MR) is 125 cm³/mol. The number of amides is 1. The number of carbonyl (C=O) groups is 2. The van der Waals surface area contributed by atoms with Gasteiger partial charge in [-0.1, -0.05) is 17.3 Å². The number of hydrogen-bond donors (Lipinski definition) is 1. The van der Waals surface area contributed by atoms with Crippen molar-refractivity contribution in [3.63, 3.8) is 0 Å². The molecule has 3 aliphatic rings. The number of piperidine rings is 1. The van der Waals surface area contributed by atoms with Gasteiger partial charge in [0.2, 0.25) is 5.78 Å². The van der Waals surface area contributed by atoms with E-state index in [2.05, 4.69) is 27.4 Å². The zero-order valence-corrected chi connectivity index (χ0v) is 19.3. The summed E-state index contributed by atoms with van der Waals surface area (Å²) >= 11 is 0. The molecule has 1 atom stereocenters. The second-order valence-electron chi connectivity index (χ2n) is 9.57. The van der Waals surface area contributed by atoms with Crippen LogP contribution in [-0.2, 0) is 22.7 Å². The van der Waals surface area contributed by atoms with Crippen molar-refractivity contribution in [2.24, 2.45) is 5.16 Å². The number of benzene rings is 1. The van der Waals surface area contributed by atoms with Crippen LogP contribution in [0.3, 0.4) is 0 Å². The summed E-state index contributed by atoms with van der Waals surface area (Å²) in [5, 5.41) is 7.39. The molecule has 33 heavy (non-hydrogen) atoms. The Kier molecular flexibility index (Phi) is 5.50. The Hall–Kier alpha value is -3.10. The third kappa shape index (κ3) is 3.94. The van der Waals surface area contributed by atoms with E-state index < -0.39 is 5.60 Å². The summed E-state index contributed by atoms with van der Waals surface area (Å²) in [7, 11) is 2.08. The molecule has 1 aromatic carbocycles. The van der Waals surface area contributed by atoms with Crippen molar-refractivity contribution in [1.29, 1.82) is 0 Å². The molecule has 1 N–H and O–H groups in total. The molecule has 0 bridgehead atoms. The fourth-order valence-corrected chi connectivity index (χ4v) is 4.77. The minimum atomic E-state index is -0.957. The third-order valence-electron chi connectivity index (χ3n) is 6.61. The summed E-state index contributed by atoms with van der Waals surface area (Å²) in [5.41, 5.74) is 2.88. The van der Waals surface area contributed by atoms with Gasteiger partial charge in [-0.25, -0.2) is 4.98 Å². The van der Waals surface area contributed by atoms with Crippen molar-refractivity contribution < 1.29 is 14.4 Å². The van der Waals surface area contributed by atoms with Crippen molar-refractivity contribution >= 4 is 23.2 Å². The van der Waals surface area contributed by atoms with Crippen LogP contribution < -0.4 is 10.2 Å². The molecule has 0 aliphatic carbocycles. The van der Waals surface area contributed by atoms with Crippen molar-refractivity contribution in [2.75, 3.05) is 25.0 Å². The number of hydrogen-bond acceptors (Lipinski definition) is 7. The minimum absolute atomic E-state index is 0.0332. The topological polar surface area (TPSA) is 87.1 Å². The molecule has 8 nitrogen and oxygen atoms in total. The highest BCUT2D eigenvalue weighted by Crippen LogP contribution is 2.32. The molecule has 0 saturated carbocycles. The van der Waals surface area contributed by atoms with E-state index in [1.165, 1.54) is 5.56 Å². The zero-order chi connectivity index (χ0) is 23.2. The van der Waals surface area contributed by atoms with Gasteiger partial charge >= 0.3 is 0 Å². The Bertz CT molecular complexity index is 1120. The van der Waals surface area contributed by atoms with Crippen LogP contribution in [-0.4, -0.2) is 59.1 Å². The Balaban J connectivity index is 1.48. The minimum Gasteiger partial charge on any atom is -0.381 e. The Morgan fingerprint density at radius 1 is 1.21 bits per heavy atom. The molecular weight excluding hydrogens is 418 g/mol. The van der Waals surface area contributed by atoms with E-state index in [0.29, 0.717) is 11.1 Å². The van der Waals surface area contributed by atoms with E-state index in [0.717, 1.165) is 50.4 Å². The highest BCUT2D eigenvalue weighted by molar-refractivity contribution is 6.49. The van der Waals surface area contributed by atoms with Gasteiger partial charge in [0, 0.05) is 42.5 Å². The van der Waals surface area contributed by atoms with Gasteiger partial charge in [0.15, 0.2) is 11.3 Å². The molecular formula is C25H29N5O3. The number of nitrogens with one attached hydrogen (secondary N) is 1. The van der Waals surface area contributed by atoms with Crippen molar-refractivity contribution in [1.82, 2.24) is 15.2 Å². The maximum atomic E-state index is 13.8.